The zero-order valence-corrected chi connectivity index (χ0v) is 7.89. The van der Waals surface area contributed by atoms with Gasteiger partial charge in [-0.25, -0.2) is 0 Å². The summed E-state index contributed by atoms with van der Waals surface area (Å²) >= 11 is 0. The fraction of sp³-hybridized carbons (Fsp3) is 0.750. The molecule has 1 unspecified atom stereocenters. The van der Waals surface area contributed by atoms with Crippen molar-refractivity contribution in [2.45, 2.75) is 51.4 Å². The molecule has 0 aromatic heterocycles. The molecule has 0 aliphatic heterocycles. The van der Waals surface area contributed by atoms with Gasteiger partial charge in [0.05, 0.1) is 0 Å². The second-order valence-electron chi connectivity index (χ2n) is 4.19. The van der Waals surface area contributed by atoms with E-state index in [1.165, 1.54) is 51.4 Å². The van der Waals surface area contributed by atoms with Gasteiger partial charge in [0.1, 0.15) is 0 Å². The summed E-state index contributed by atoms with van der Waals surface area (Å²) in [5.41, 5.74) is 1.79. The van der Waals surface area contributed by atoms with Crippen LogP contribution in [0.1, 0.15) is 51.4 Å². The highest BCUT2D eigenvalue weighted by Crippen LogP contribution is 2.33. The molecular weight excluding hydrogens is 144 g/mol. The highest BCUT2D eigenvalue weighted by atomic mass is 14.2. The van der Waals surface area contributed by atoms with Gasteiger partial charge in [0, 0.05) is 0 Å². The van der Waals surface area contributed by atoms with Gasteiger partial charge in [0.2, 0.25) is 0 Å². The molecule has 67 valence electrons. The molecule has 2 aliphatic carbocycles. The molecule has 0 aromatic carbocycles. The van der Waals surface area contributed by atoms with Gasteiger partial charge in [0.25, 0.3) is 0 Å². The second-order valence-corrected chi connectivity index (χ2v) is 4.19. The van der Waals surface area contributed by atoms with E-state index in [1.54, 1.807) is 5.57 Å². The largest absolute Gasteiger partial charge is 0.0848 e. The van der Waals surface area contributed by atoms with Crippen LogP contribution in [0.4, 0.5) is 0 Å². The Kier molecular flexibility index (Phi) is 2.86. The highest BCUT2D eigenvalue weighted by Gasteiger charge is 2.18. The van der Waals surface area contributed by atoms with Crippen LogP contribution in [0.3, 0.4) is 0 Å². The summed E-state index contributed by atoms with van der Waals surface area (Å²) in [6.45, 7) is 0. The molecular formula is C12H19. The first-order valence-electron chi connectivity index (χ1n) is 5.47. The van der Waals surface area contributed by atoms with E-state index in [0.29, 0.717) is 0 Å². The van der Waals surface area contributed by atoms with Crippen LogP contribution in [0, 0.1) is 12.3 Å². The van der Waals surface area contributed by atoms with Gasteiger partial charge in [-0.3, -0.25) is 0 Å². The minimum absolute atomic E-state index is 0.944. The topological polar surface area (TPSA) is 0 Å². The average Bonchev–Trinajstić information content (AvgIpc) is 2.06. The van der Waals surface area contributed by atoms with E-state index in [-0.39, 0.29) is 0 Å². The minimum atomic E-state index is 0.944. The fourth-order valence-electron chi connectivity index (χ4n) is 2.53. The predicted molar refractivity (Wildman–Crippen MR) is 52.8 cm³/mol. The summed E-state index contributed by atoms with van der Waals surface area (Å²) < 4.78 is 0. The zero-order valence-electron chi connectivity index (χ0n) is 7.89. The Morgan fingerprint density at radius 2 is 2.00 bits per heavy atom. The molecule has 0 aromatic rings. The Balaban J connectivity index is 2.00. The lowest BCUT2D eigenvalue weighted by Gasteiger charge is -2.26. The van der Waals surface area contributed by atoms with Crippen LogP contribution in [0.25, 0.3) is 0 Å². The van der Waals surface area contributed by atoms with Gasteiger partial charge < -0.3 is 0 Å². The summed E-state index contributed by atoms with van der Waals surface area (Å²) in [6, 6.07) is 0. The summed E-state index contributed by atoms with van der Waals surface area (Å²) in [5, 5.41) is 0. The second kappa shape index (κ2) is 4.11. The van der Waals surface area contributed by atoms with E-state index in [1.807, 2.05) is 0 Å². The summed E-state index contributed by atoms with van der Waals surface area (Å²) in [5.74, 6) is 0.944. The van der Waals surface area contributed by atoms with Crippen LogP contribution in [0.2, 0.25) is 0 Å². The minimum Gasteiger partial charge on any atom is -0.0848 e. The molecule has 1 radical (unpaired) electrons. The zero-order chi connectivity index (χ0) is 8.23. The summed E-state index contributed by atoms with van der Waals surface area (Å²) in [7, 11) is 0. The molecule has 2 rings (SSSR count). The Hall–Kier alpha value is -0.260. The molecule has 0 N–H and O–H groups in total. The van der Waals surface area contributed by atoms with Crippen molar-refractivity contribution in [3.05, 3.63) is 18.1 Å². The SMILES string of the molecule is [CH]1CC=C2CCCCCCC2C1. The van der Waals surface area contributed by atoms with Crippen molar-refractivity contribution in [3.63, 3.8) is 0 Å². The molecule has 0 amide bonds. The van der Waals surface area contributed by atoms with E-state index in [9.17, 15) is 0 Å². The maximum Gasteiger partial charge on any atom is -0.0200 e. The maximum atomic E-state index is 2.49. The lowest BCUT2D eigenvalue weighted by Crippen LogP contribution is -2.11. The van der Waals surface area contributed by atoms with Crippen LogP contribution in [0.5, 0.6) is 0 Å². The molecule has 1 saturated carbocycles. The molecule has 0 heteroatoms. The number of hydrogen-bond acceptors (Lipinski definition) is 0. The molecule has 12 heavy (non-hydrogen) atoms. The van der Waals surface area contributed by atoms with E-state index < -0.39 is 0 Å². The van der Waals surface area contributed by atoms with Crippen LogP contribution in [-0.2, 0) is 0 Å². The van der Waals surface area contributed by atoms with Crippen molar-refractivity contribution in [2.24, 2.45) is 5.92 Å². The quantitative estimate of drug-likeness (QED) is 0.475. The third-order valence-corrected chi connectivity index (χ3v) is 3.29. The Morgan fingerprint density at radius 1 is 1.08 bits per heavy atom. The van der Waals surface area contributed by atoms with Gasteiger partial charge in [-0.2, -0.15) is 0 Å². The standard InChI is InChI=1S/C12H19/c1-2-4-8-12-10-6-5-9-11(12)7-3-1/h5,10-11H,1-4,6-9H2. The van der Waals surface area contributed by atoms with Crippen molar-refractivity contribution >= 4 is 0 Å². The third kappa shape index (κ3) is 1.91. The van der Waals surface area contributed by atoms with Crippen molar-refractivity contribution in [1.29, 1.82) is 0 Å². The summed E-state index contributed by atoms with van der Waals surface area (Å²) in [4.78, 5) is 0. The van der Waals surface area contributed by atoms with Crippen molar-refractivity contribution < 1.29 is 0 Å². The monoisotopic (exact) mass is 163 g/mol. The number of hydrogen-bond donors (Lipinski definition) is 0. The number of rotatable bonds is 0. The van der Waals surface area contributed by atoms with E-state index >= 15 is 0 Å². The highest BCUT2D eigenvalue weighted by molar-refractivity contribution is 5.13. The Bertz CT molecular complexity index is 167. The smallest absolute Gasteiger partial charge is 0.0200 e. The molecule has 0 bridgehead atoms. The van der Waals surface area contributed by atoms with Gasteiger partial charge >= 0.3 is 0 Å². The first kappa shape index (κ1) is 8.34. The molecule has 1 atom stereocenters. The Morgan fingerprint density at radius 3 is 3.00 bits per heavy atom. The van der Waals surface area contributed by atoms with Crippen LogP contribution in [-0.4, -0.2) is 0 Å². The average molecular weight is 163 g/mol. The van der Waals surface area contributed by atoms with E-state index in [2.05, 4.69) is 12.5 Å². The molecule has 0 heterocycles. The van der Waals surface area contributed by atoms with Crippen LogP contribution in [0.15, 0.2) is 11.6 Å². The Labute approximate surface area is 76.1 Å². The number of fused-ring (bicyclic) bond motifs is 1. The van der Waals surface area contributed by atoms with E-state index in [4.69, 9.17) is 0 Å². The van der Waals surface area contributed by atoms with Crippen LogP contribution < -0.4 is 0 Å². The molecule has 0 nitrogen and oxygen atoms in total. The summed E-state index contributed by atoms with van der Waals surface area (Å²) in [6.07, 6.45) is 16.3. The number of allylic oxidation sites excluding steroid dienone is 2. The molecule has 2 aliphatic rings. The first-order chi connectivity index (χ1) is 5.97. The first-order valence-corrected chi connectivity index (χ1v) is 5.47. The lowest BCUT2D eigenvalue weighted by molar-refractivity contribution is 0.443. The van der Waals surface area contributed by atoms with Crippen LogP contribution >= 0.6 is 0 Å². The predicted octanol–water partition coefficient (Wildman–Crippen LogP) is 3.88. The third-order valence-electron chi connectivity index (χ3n) is 3.29. The normalized spacial score (nSPS) is 31.3. The van der Waals surface area contributed by atoms with Gasteiger partial charge in [-0.05, 0) is 44.4 Å². The maximum absolute atomic E-state index is 2.49. The van der Waals surface area contributed by atoms with Gasteiger partial charge in [-0.15, -0.1) is 0 Å². The van der Waals surface area contributed by atoms with Gasteiger partial charge in [-0.1, -0.05) is 30.9 Å². The van der Waals surface area contributed by atoms with Crippen molar-refractivity contribution in [3.8, 4) is 0 Å². The fourth-order valence-corrected chi connectivity index (χ4v) is 2.53. The van der Waals surface area contributed by atoms with Crippen molar-refractivity contribution in [1.82, 2.24) is 0 Å². The van der Waals surface area contributed by atoms with E-state index in [0.717, 1.165) is 5.92 Å². The van der Waals surface area contributed by atoms with Crippen molar-refractivity contribution in [2.75, 3.05) is 0 Å². The lowest BCUT2D eigenvalue weighted by atomic mass is 9.80. The van der Waals surface area contributed by atoms with Gasteiger partial charge in [0.15, 0.2) is 0 Å². The molecule has 1 fully saturated rings. The molecule has 0 saturated heterocycles. The molecule has 0 spiro atoms.